The van der Waals surface area contributed by atoms with Crippen molar-refractivity contribution in [2.24, 2.45) is 0 Å². The van der Waals surface area contributed by atoms with Gasteiger partial charge >= 0.3 is 0 Å². The number of anilines is 1. The fraction of sp³-hybridized carbons (Fsp3) is 0.706. The number of hydrogen-bond acceptors (Lipinski definition) is 4. The van der Waals surface area contributed by atoms with Crippen molar-refractivity contribution in [1.82, 2.24) is 15.2 Å². The standard InChI is InChI=1S/C17H30N4/c1-13(2)18-12-16-6-7-17(19-15(16)5)21-10-8-20(9-11-21)14(3)4/h6-7,13-14,18H,8-12H2,1-5H3. The minimum Gasteiger partial charge on any atom is -0.354 e. The van der Waals surface area contributed by atoms with Crippen LogP contribution in [0.3, 0.4) is 0 Å². The van der Waals surface area contributed by atoms with Gasteiger partial charge in [-0.05, 0) is 32.4 Å². The molecule has 0 radical (unpaired) electrons. The Kier molecular flexibility index (Phi) is 5.59. The first kappa shape index (κ1) is 16.2. The smallest absolute Gasteiger partial charge is 0.128 e. The van der Waals surface area contributed by atoms with Gasteiger partial charge in [0.05, 0.1) is 0 Å². The molecule has 4 nitrogen and oxygen atoms in total. The summed E-state index contributed by atoms with van der Waals surface area (Å²) in [7, 11) is 0. The lowest BCUT2D eigenvalue weighted by atomic mass is 10.2. The molecule has 0 saturated carbocycles. The molecule has 118 valence electrons. The molecule has 0 bridgehead atoms. The van der Waals surface area contributed by atoms with Gasteiger partial charge < -0.3 is 10.2 Å². The molecule has 0 aromatic carbocycles. The Labute approximate surface area is 129 Å². The summed E-state index contributed by atoms with van der Waals surface area (Å²) in [5.74, 6) is 1.13. The van der Waals surface area contributed by atoms with Crippen LogP contribution in [0.2, 0.25) is 0 Å². The zero-order chi connectivity index (χ0) is 15.4. The molecule has 1 aliphatic heterocycles. The monoisotopic (exact) mass is 290 g/mol. The molecule has 0 aliphatic carbocycles. The van der Waals surface area contributed by atoms with Crippen LogP contribution >= 0.6 is 0 Å². The second-order valence-electron chi connectivity index (χ2n) is 6.57. The molecule has 1 N–H and O–H groups in total. The van der Waals surface area contributed by atoms with Gasteiger partial charge in [-0.2, -0.15) is 0 Å². The summed E-state index contributed by atoms with van der Waals surface area (Å²) in [5, 5.41) is 3.46. The lowest BCUT2D eigenvalue weighted by Crippen LogP contribution is -2.49. The summed E-state index contributed by atoms with van der Waals surface area (Å²) in [5.41, 5.74) is 2.44. The lowest BCUT2D eigenvalue weighted by Gasteiger charge is -2.37. The van der Waals surface area contributed by atoms with E-state index in [0.29, 0.717) is 12.1 Å². The SMILES string of the molecule is Cc1nc(N2CCN(C(C)C)CC2)ccc1CNC(C)C. The van der Waals surface area contributed by atoms with Crippen LogP contribution in [-0.2, 0) is 6.54 Å². The van der Waals surface area contributed by atoms with Crippen molar-refractivity contribution in [2.45, 2.75) is 53.2 Å². The summed E-state index contributed by atoms with van der Waals surface area (Å²) < 4.78 is 0. The zero-order valence-electron chi connectivity index (χ0n) is 14.2. The van der Waals surface area contributed by atoms with E-state index in [2.05, 4.69) is 61.9 Å². The predicted octanol–water partition coefficient (Wildman–Crippen LogP) is 2.42. The molecule has 1 fully saturated rings. The third kappa shape index (κ3) is 4.42. The van der Waals surface area contributed by atoms with Gasteiger partial charge in [-0.1, -0.05) is 19.9 Å². The van der Waals surface area contributed by atoms with Gasteiger partial charge in [-0.25, -0.2) is 4.98 Å². The maximum absolute atomic E-state index is 4.81. The largest absolute Gasteiger partial charge is 0.354 e. The van der Waals surface area contributed by atoms with E-state index >= 15 is 0 Å². The number of hydrogen-bond donors (Lipinski definition) is 1. The van der Waals surface area contributed by atoms with E-state index < -0.39 is 0 Å². The number of pyridine rings is 1. The summed E-state index contributed by atoms with van der Waals surface area (Å²) in [6, 6.07) is 5.55. The maximum Gasteiger partial charge on any atom is 0.128 e. The van der Waals surface area contributed by atoms with E-state index in [1.54, 1.807) is 0 Å². The third-order valence-corrected chi connectivity index (χ3v) is 4.25. The van der Waals surface area contributed by atoms with Gasteiger partial charge in [-0.3, -0.25) is 4.90 Å². The molecule has 0 atom stereocenters. The molecule has 0 amide bonds. The van der Waals surface area contributed by atoms with Gasteiger partial charge in [-0.15, -0.1) is 0 Å². The molecule has 2 rings (SSSR count). The van der Waals surface area contributed by atoms with Crippen molar-refractivity contribution in [3.05, 3.63) is 23.4 Å². The highest BCUT2D eigenvalue weighted by Gasteiger charge is 2.19. The highest BCUT2D eigenvalue weighted by atomic mass is 15.3. The molecule has 21 heavy (non-hydrogen) atoms. The quantitative estimate of drug-likeness (QED) is 0.902. The van der Waals surface area contributed by atoms with Crippen LogP contribution in [0.5, 0.6) is 0 Å². The summed E-state index contributed by atoms with van der Waals surface area (Å²) in [4.78, 5) is 9.75. The Balaban J connectivity index is 1.97. The van der Waals surface area contributed by atoms with Crippen LogP contribution in [0, 0.1) is 6.92 Å². The molecule has 1 aromatic heterocycles. The average Bonchev–Trinajstić information content (AvgIpc) is 2.46. The van der Waals surface area contributed by atoms with Crippen molar-refractivity contribution in [3.63, 3.8) is 0 Å². The number of aryl methyl sites for hydroxylation is 1. The number of rotatable bonds is 5. The maximum atomic E-state index is 4.81. The molecular weight excluding hydrogens is 260 g/mol. The Morgan fingerprint density at radius 1 is 1.10 bits per heavy atom. The van der Waals surface area contributed by atoms with E-state index in [1.165, 1.54) is 5.56 Å². The van der Waals surface area contributed by atoms with Crippen LogP contribution < -0.4 is 10.2 Å². The molecule has 0 unspecified atom stereocenters. The van der Waals surface area contributed by atoms with E-state index in [-0.39, 0.29) is 0 Å². The van der Waals surface area contributed by atoms with Crippen molar-refractivity contribution in [3.8, 4) is 0 Å². The highest BCUT2D eigenvalue weighted by Crippen LogP contribution is 2.17. The van der Waals surface area contributed by atoms with Crippen LogP contribution in [0.1, 0.15) is 39.0 Å². The summed E-state index contributed by atoms with van der Waals surface area (Å²) >= 11 is 0. The van der Waals surface area contributed by atoms with Crippen LogP contribution in [0.4, 0.5) is 5.82 Å². The fourth-order valence-corrected chi connectivity index (χ4v) is 2.72. The van der Waals surface area contributed by atoms with Gasteiger partial charge in [0, 0.05) is 50.5 Å². The Bertz CT molecular complexity index is 448. The molecular formula is C17H30N4. The Hall–Kier alpha value is -1.13. The highest BCUT2D eigenvalue weighted by molar-refractivity contribution is 5.42. The molecule has 1 saturated heterocycles. The Morgan fingerprint density at radius 2 is 1.76 bits per heavy atom. The van der Waals surface area contributed by atoms with E-state index in [0.717, 1.165) is 44.2 Å². The molecule has 1 aliphatic rings. The Morgan fingerprint density at radius 3 is 2.29 bits per heavy atom. The molecule has 2 heterocycles. The average molecular weight is 290 g/mol. The second-order valence-corrected chi connectivity index (χ2v) is 6.57. The van der Waals surface area contributed by atoms with Gasteiger partial charge in [0.2, 0.25) is 0 Å². The number of piperazine rings is 1. The minimum atomic E-state index is 0.508. The number of nitrogens with one attached hydrogen (secondary N) is 1. The first-order valence-electron chi connectivity index (χ1n) is 8.16. The van der Waals surface area contributed by atoms with E-state index in [4.69, 9.17) is 4.98 Å². The second kappa shape index (κ2) is 7.23. The zero-order valence-corrected chi connectivity index (χ0v) is 14.2. The first-order valence-corrected chi connectivity index (χ1v) is 8.16. The predicted molar refractivity (Wildman–Crippen MR) is 89.9 cm³/mol. The van der Waals surface area contributed by atoms with E-state index in [1.807, 2.05) is 0 Å². The van der Waals surface area contributed by atoms with Crippen molar-refractivity contribution < 1.29 is 0 Å². The molecule has 4 heteroatoms. The normalized spacial score (nSPS) is 17.0. The van der Waals surface area contributed by atoms with Crippen molar-refractivity contribution in [1.29, 1.82) is 0 Å². The van der Waals surface area contributed by atoms with Gasteiger partial charge in [0.25, 0.3) is 0 Å². The first-order chi connectivity index (χ1) is 9.97. The molecule has 0 spiro atoms. The lowest BCUT2D eigenvalue weighted by molar-refractivity contribution is 0.209. The van der Waals surface area contributed by atoms with Crippen LogP contribution in [0.25, 0.3) is 0 Å². The number of aromatic nitrogens is 1. The van der Waals surface area contributed by atoms with Crippen LogP contribution in [0.15, 0.2) is 12.1 Å². The molecule has 1 aromatic rings. The van der Waals surface area contributed by atoms with E-state index in [9.17, 15) is 0 Å². The third-order valence-electron chi connectivity index (χ3n) is 4.25. The number of nitrogens with zero attached hydrogens (tertiary/aromatic N) is 3. The summed E-state index contributed by atoms with van der Waals surface area (Å²) in [6.45, 7) is 16.3. The van der Waals surface area contributed by atoms with Gasteiger partial charge in [0.15, 0.2) is 0 Å². The van der Waals surface area contributed by atoms with Crippen molar-refractivity contribution >= 4 is 5.82 Å². The van der Waals surface area contributed by atoms with Crippen molar-refractivity contribution in [2.75, 3.05) is 31.1 Å². The van der Waals surface area contributed by atoms with Crippen LogP contribution in [-0.4, -0.2) is 48.1 Å². The minimum absolute atomic E-state index is 0.508. The fourth-order valence-electron chi connectivity index (χ4n) is 2.72. The van der Waals surface area contributed by atoms with Gasteiger partial charge in [0.1, 0.15) is 5.82 Å². The summed E-state index contributed by atoms with van der Waals surface area (Å²) in [6.07, 6.45) is 0. The topological polar surface area (TPSA) is 31.4 Å².